The van der Waals surface area contributed by atoms with Gasteiger partial charge in [0.15, 0.2) is 5.76 Å². The highest BCUT2D eigenvalue weighted by atomic mass is 16.3. The van der Waals surface area contributed by atoms with Gasteiger partial charge in [-0.3, -0.25) is 9.59 Å². The average Bonchev–Trinajstić information content (AvgIpc) is 3.33. The maximum absolute atomic E-state index is 12.4. The highest BCUT2D eigenvalue weighted by molar-refractivity contribution is 5.93. The maximum atomic E-state index is 12.4. The van der Waals surface area contributed by atoms with Crippen LogP contribution >= 0.6 is 0 Å². The number of carbonyl (C=O) groups excluding carboxylic acids is 2. The average molecular weight is 394 g/mol. The first kappa shape index (κ1) is 20.4. The van der Waals surface area contributed by atoms with Gasteiger partial charge in [0.25, 0.3) is 5.91 Å². The molecule has 7 nitrogen and oxygen atoms in total. The van der Waals surface area contributed by atoms with Crippen LogP contribution in [0.2, 0.25) is 0 Å². The fourth-order valence-corrected chi connectivity index (χ4v) is 2.75. The van der Waals surface area contributed by atoms with Crippen LogP contribution in [0, 0.1) is 0 Å². The zero-order valence-corrected chi connectivity index (χ0v) is 16.9. The number of furan rings is 1. The van der Waals surface area contributed by atoms with Crippen molar-refractivity contribution in [1.82, 2.24) is 15.1 Å². The number of benzene rings is 1. The number of rotatable bonds is 7. The van der Waals surface area contributed by atoms with E-state index in [2.05, 4.69) is 31.4 Å². The Hall–Kier alpha value is -3.35. The normalized spacial score (nSPS) is 11.3. The first-order valence-corrected chi connectivity index (χ1v) is 9.57. The quantitative estimate of drug-likeness (QED) is 0.641. The van der Waals surface area contributed by atoms with E-state index in [1.54, 1.807) is 16.8 Å². The molecular formula is C22H26N4O3. The van der Waals surface area contributed by atoms with Crippen molar-refractivity contribution in [2.75, 3.05) is 11.9 Å². The van der Waals surface area contributed by atoms with Gasteiger partial charge in [-0.05, 0) is 17.7 Å². The van der Waals surface area contributed by atoms with Crippen molar-refractivity contribution < 1.29 is 14.0 Å². The highest BCUT2D eigenvalue weighted by Crippen LogP contribution is 2.24. The molecule has 0 spiro atoms. The predicted molar refractivity (Wildman–Crippen MR) is 111 cm³/mol. The topological polar surface area (TPSA) is 89.2 Å². The second-order valence-electron chi connectivity index (χ2n) is 7.84. The zero-order valence-electron chi connectivity index (χ0n) is 16.9. The third-order valence-electron chi connectivity index (χ3n) is 4.37. The van der Waals surface area contributed by atoms with Crippen LogP contribution in [0.25, 0.3) is 0 Å². The van der Waals surface area contributed by atoms with Gasteiger partial charge in [0.2, 0.25) is 5.91 Å². The standard InChI is InChI=1S/C22H26N4O3/c1-22(2,3)18-14-19(26(25-18)15-16-8-5-4-6-9-16)24-20(27)11-12-23-21(28)17-10-7-13-29-17/h4-10,13-14H,11-12,15H2,1-3H3,(H,23,28)(H,24,27). The summed E-state index contributed by atoms with van der Waals surface area (Å²) in [5, 5.41) is 10.3. The largest absolute Gasteiger partial charge is 0.459 e. The Morgan fingerprint density at radius 3 is 2.52 bits per heavy atom. The summed E-state index contributed by atoms with van der Waals surface area (Å²) in [4.78, 5) is 24.3. The molecule has 2 heterocycles. The van der Waals surface area contributed by atoms with Crippen molar-refractivity contribution in [2.24, 2.45) is 0 Å². The Balaban J connectivity index is 1.64. The summed E-state index contributed by atoms with van der Waals surface area (Å²) in [7, 11) is 0. The van der Waals surface area contributed by atoms with Crippen LogP contribution in [0.5, 0.6) is 0 Å². The van der Waals surface area contributed by atoms with Crippen LogP contribution < -0.4 is 10.6 Å². The second-order valence-corrected chi connectivity index (χ2v) is 7.84. The van der Waals surface area contributed by atoms with Crippen LogP contribution in [0.4, 0.5) is 5.82 Å². The molecular weight excluding hydrogens is 368 g/mol. The van der Waals surface area contributed by atoms with E-state index in [1.807, 2.05) is 36.4 Å². The van der Waals surface area contributed by atoms with Crippen LogP contribution in [0.1, 0.15) is 49.0 Å². The SMILES string of the molecule is CC(C)(C)c1cc(NC(=O)CCNC(=O)c2ccco2)n(Cc2ccccc2)n1. The van der Waals surface area contributed by atoms with Crippen LogP contribution in [-0.4, -0.2) is 28.1 Å². The number of carbonyl (C=O) groups is 2. The summed E-state index contributed by atoms with van der Waals surface area (Å²) in [5.41, 5.74) is 1.85. The third kappa shape index (κ3) is 5.57. The van der Waals surface area contributed by atoms with Gasteiger partial charge in [-0.15, -0.1) is 0 Å². The van der Waals surface area contributed by atoms with Crippen LogP contribution in [0.3, 0.4) is 0 Å². The maximum Gasteiger partial charge on any atom is 0.286 e. The third-order valence-corrected chi connectivity index (χ3v) is 4.37. The summed E-state index contributed by atoms with van der Waals surface area (Å²) in [6.07, 6.45) is 1.58. The zero-order chi connectivity index (χ0) is 20.9. The van der Waals surface area contributed by atoms with Crippen molar-refractivity contribution in [2.45, 2.75) is 39.2 Å². The molecule has 3 rings (SSSR count). The number of nitrogens with one attached hydrogen (secondary N) is 2. The Bertz CT molecular complexity index is 954. The fraction of sp³-hybridized carbons (Fsp3) is 0.318. The predicted octanol–water partition coefficient (Wildman–Crippen LogP) is 3.58. The monoisotopic (exact) mass is 394 g/mol. The van der Waals surface area contributed by atoms with Crippen molar-refractivity contribution in [1.29, 1.82) is 0 Å². The summed E-state index contributed by atoms with van der Waals surface area (Å²) >= 11 is 0. The number of hydrogen-bond donors (Lipinski definition) is 2. The van der Waals surface area contributed by atoms with Gasteiger partial charge >= 0.3 is 0 Å². The number of hydrogen-bond acceptors (Lipinski definition) is 4. The van der Waals surface area contributed by atoms with E-state index < -0.39 is 0 Å². The van der Waals surface area contributed by atoms with E-state index in [1.165, 1.54) is 6.26 Å². The Labute approximate surface area is 170 Å². The minimum absolute atomic E-state index is 0.140. The molecule has 0 atom stereocenters. The van der Waals surface area contributed by atoms with Crippen LogP contribution in [-0.2, 0) is 16.8 Å². The Kier molecular flexibility index (Phi) is 6.16. The molecule has 0 aliphatic heterocycles. The lowest BCUT2D eigenvalue weighted by Crippen LogP contribution is -2.27. The van der Waals surface area contributed by atoms with Crippen molar-refractivity contribution >= 4 is 17.6 Å². The molecule has 7 heteroatoms. The lowest BCUT2D eigenvalue weighted by molar-refractivity contribution is -0.116. The number of aromatic nitrogens is 2. The number of amides is 2. The molecule has 0 fully saturated rings. The van der Waals surface area contributed by atoms with Crippen molar-refractivity contribution in [3.05, 3.63) is 71.8 Å². The highest BCUT2D eigenvalue weighted by Gasteiger charge is 2.21. The summed E-state index contributed by atoms with van der Waals surface area (Å²) in [6.45, 7) is 7.01. The molecule has 0 bridgehead atoms. The van der Waals surface area contributed by atoms with Gasteiger partial charge in [-0.1, -0.05) is 51.1 Å². The van der Waals surface area contributed by atoms with Crippen molar-refractivity contribution in [3.63, 3.8) is 0 Å². The van der Waals surface area contributed by atoms with Crippen molar-refractivity contribution in [3.8, 4) is 0 Å². The van der Waals surface area contributed by atoms with E-state index in [9.17, 15) is 9.59 Å². The lowest BCUT2D eigenvalue weighted by atomic mass is 9.92. The van der Waals surface area contributed by atoms with E-state index >= 15 is 0 Å². The number of nitrogens with zero attached hydrogens (tertiary/aromatic N) is 2. The molecule has 2 N–H and O–H groups in total. The molecule has 29 heavy (non-hydrogen) atoms. The summed E-state index contributed by atoms with van der Waals surface area (Å²) in [5.74, 6) is 0.327. The van der Waals surface area contributed by atoms with Gasteiger partial charge in [0.05, 0.1) is 18.5 Å². The van der Waals surface area contributed by atoms with Crippen LogP contribution in [0.15, 0.2) is 59.2 Å². The van der Waals surface area contributed by atoms with Gasteiger partial charge in [-0.25, -0.2) is 4.68 Å². The van der Waals surface area contributed by atoms with Gasteiger partial charge in [0.1, 0.15) is 5.82 Å². The molecule has 0 aliphatic rings. The Morgan fingerprint density at radius 2 is 1.86 bits per heavy atom. The molecule has 0 radical (unpaired) electrons. The van der Waals surface area contributed by atoms with Gasteiger partial charge in [-0.2, -0.15) is 5.10 Å². The molecule has 1 aromatic carbocycles. The second kappa shape index (κ2) is 8.77. The fourth-order valence-electron chi connectivity index (χ4n) is 2.75. The molecule has 0 saturated carbocycles. The molecule has 2 amide bonds. The van der Waals surface area contributed by atoms with Gasteiger partial charge < -0.3 is 15.1 Å². The summed E-state index contributed by atoms with van der Waals surface area (Å²) in [6, 6.07) is 15.1. The molecule has 0 saturated heterocycles. The van der Waals surface area contributed by atoms with E-state index in [4.69, 9.17) is 9.52 Å². The first-order valence-electron chi connectivity index (χ1n) is 9.57. The smallest absolute Gasteiger partial charge is 0.286 e. The Morgan fingerprint density at radius 1 is 1.10 bits per heavy atom. The van der Waals surface area contributed by atoms with E-state index in [-0.39, 0.29) is 36.0 Å². The number of anilines is 1. The van der Waals surface area contributed by atoms with E-state index in [0.29, 0.717) is 12.4 Å². The molecule has 2 aromatic heterocycles. The molecule has 3 aromatic rings. The minimum atomic E-state index is -0.341. The molecule has 0 unspecified atom stereocenters. The lowest BCUT2D eigenvalue weighted by Gasteiger charge is -2.14. The first-order chi connectivity index (χ1) is 13.8. The van der Waals surface area contributed by atoms with Gasteiger partial charge in [0, 0.05) is 24.4 Å². The summed E-state index contributed by atoms with van der Waals surface area (Å²) < 4.78 is 6.83. The molecule has 0 aliphatic carbocycles. The minimum Gasteiger partial charge on any atom is -0.459 e. The molecule has 152 valence electrons. The van der Waals surface area contributed by atoms with E-state index in [0.717, 1.165) is 11.3 Å².